The lowest BCUT2D eigenvalue weighted by Gasteiger charge is -2.32. The van der Waals surface area contributed by atoms with Crippen LogP contribution in [0, 0.1) is 5.41 Å². The summed E-state index contributed by atoms with van der Waals surface area (Å²) in [7, 11) is -5.96. The van der Waals surface area contributed by atoms with Gasteiger partial charge < -0.3 is 35.6 Å². The Hall–Kier alpha value is -2.85. The van der Waals surface area contributed by atoms with Crippen molar-refractivity contribution in [2.75, 3.05) is 51.0 Å². The molecular weight excluding hydrogens is 689 g/mol. The molecule has 0 saturated carbocycles. The van der Waals surface area contributed by atoms with Crippen LogP contribution in [0.25, 0.3) is 0 Å². The predicted molar refractivity (Wildman–Crippen MR) is 171 cm³/mol. The Morgan fingerprint density at radius 1 is 0.894 bits per heavy atom. The van der Waals surface area contributed by atoms with Gasteiger partial charge in [-0.3, -0.25) is 33.2 Å². The first-order valence-electron chi connectivity index (χ1n) is 14.4. The van der Waals surface area contributed by atoms with E-state index in [-0.39, 0.29) is 76.6 Å². The molecule has 0 rings (SSSR count). The summed E-state index contributed by atoms with van der Waals surface area (Å²) in [6.45, 7) is 4.13. The summed E-state index contributed by atoms with van der Waals surface area (Å²) in [5, 5.41) is 24.6. The number of carboxylic acids is 2. The minimum Gasteiger partial charge on any atom is -0.480 e. The van der Waals surface area contributed by atoms with Crippen LogP contribution in [-0.4, -0.2) is 125 Å². The molecule has 47 heavy (non-hydrogen) atoms. The van der Waals surface area contributed by atoms with Crippen LogP contribution in [0.15, 0.2) is 0 Å². The third kappa shape index (κ3) is 25.9. The predicted octanol–water partition coefficient (Wildman–Crippen LogP) is -1.37. The number of hydrogen-bond acceptors (Lipinski definition) is 12. The van der Waals surface area contributed by atoms with Crippen molar-refractivity contribution < 1.29 is 65.6 Å². The Morgan fingerprint density at radius 3 is 2.11 bits per heavy atom. The zero-order chi connectivity index (χ0) is 36.3. The fraction of sp³-hybridized carbons (Fsp3) is 0.769. The molecule has 0 aromatic carbocycles. The van der Waals surface area contributed by atoms with Crippen molar-refractivity contribution in [1.29, 1.82) is 0 Å². The highest BCUT2D eigenvalue weighted by atomic mass is 32.2. The Labute approximate surface area is 281 Å². The topological polar surface area (TPSA) is 281 Å². The van der Waals surface area contributed by atoms with E-state index in [0.29, 0.717) is 0 Å². The Balaban J connectivity index is 4.07. The second-order valence-electron chi connectivity index (χ2n) is 11.6. The molecule has 0 radical (unpaired) electrons. The molecule has 3 atom stereocenters. The summed E-state index contributed by atoms with van der Waals surface area (Å²) in [5.74, 6) is -5.42. The first-order valence-corrected chi connectivity index (χ1v) is 17.8. The largest absolute Gasteiger partial charge is 0.480 e. The van der Waals surface area contributed by atoms with E-state index in [9.17, 15) is 46.5 Å². The van der Waals surface area contributed by atoms with Crippen LogP contribution in [0.1, 0.15) is 59.3 Å². The lowest BCUT2D eigenvalue weighted by atomic mass is 9.83. The van der Waals surface area contributed by atoms with Gasteiger partial charge in [0, 0.05) is 36.3 Å². The summed E-state index contributed by atoms with van der Waals surface area (Å²) < 4.78 is 55.5. The van der Waals surface area contributed by atoms with Crippen molar-refractivity contribution in [3.8, 4) is 0 Å². The van der Waals surface area contributed by atoms with E-state index in [1.165, 1.54) is 0 Å². The molecule has 0 aliphatic carbocycles. The van der Waals surface area contributed by atoms with Crippen LogP contribution >= 0.6 is 12.6 Å². The van der Waals surface area contributed by atoms with Crippen molar-refractivity contribution in [3.05, 3.63) is 0 Å². The molecule has 18 nitrogen and oxygen atoms in total. The van der Waals surface area contributed by atoms with Crippen molar-refractivity contribution >= 4 is 69.3 Å². The second-order valence-corrected chi connectivity index (χ2v) is 15.4. The average molecular weight is 735 g/mol. The second kappa shape index (κ2) is 21.9. The Morgan fingerprint density at radius 2 is 1.51 bits per heavy atom. The number of carbonyl (C=O) groups excluding carboxylic acids is 4. The maximum atomic E-state index is 12.3. The quantitative estimate of drug-likeness (QED) is 0.0289. The summed E-state index contributed by atoms with van der Waals surface area (Å²) in [6, 6.07) is -1.37. The third-order valence-electron chi connectivity index (χ3n) is 5.84. The van der Waals surface area contributed by atoms with E-state index in [4.69, 9.17) is 19.1 Å². The van der Waals surface area contributed by atoms with Gasteiger partial charge in [0.25, 0.3) is 10.1 Å². The van der Waals surface area contributed by atoms with Crippen LogP contribution in [0.5, 0.6) is 0 Å². The number of nitrogens with one attached hydrogen (secondary N) is 4. The van der Waals surface area contributed by atoms with Crippen LogP contribution < -0.4 is 20.7 Å². The van der Waals surface area contributed by atoms with Gasteiger partial charge in [-0.1, -0.05) is 20.8 Å². The Kier molecular flexibility index (Phi) is 20.6. The van der Waals surface area contributed by atoms with Crippen LogP contribution in [0.2, 0.25) is 0 Å². The van der Waals surface area contributed by atoms with Crippen LogP contribution in [-0.2, 0) is 59.3 Å². The molecule has 4 amide bonds. The van der Waals surface area contributed by atoms with Gasteiger partial charge in [-0.2, -0.15) is 21.0 Å². The summed E-state index contributed by atoms with van der Waals surface area (Å²) >= 11 is 4.44. The molecule has 0 spiro atoms. The molecule has 0 bridgehead atoms. The van der Waals surface area contributed by atoms with E-state index >= 15 is 0 Å². The minimum atomic E-state index is -4.22. The van der Waals surface area contributed by atoms with E-state index in [0.717, 1.165) is 0 Å². The van der Waals surface area contributed by atoms with Gasteiger partial charge in [0.15, 0.2) is 0 Å². The normalized spacial score (nSPS) is 14.2. The van der Waals surface area contributed by atoms with Crippen molar-refractivity contribution in [3.63, 3.8) is 0 Å². The maximum absolute atomic E-state index is 12.3. The highest BCUT2D eigenvalue weighted by Gasteiger charge is 2.34. The number of rotatable bonds is 26. The number of ether oxygens (including phenoxy) is 2. The highest BCUT2D eigenvalue weighted by Crippen LogP contribution is 2.35. The smallest absolute Gasteiger partial charge is 0.326 e. The van der Waals surface area contributed by atoms with Crippen LogP contribution in [0.4, 0.5) is 0 Å². The number of thiol groups is 1. The minimum absolute atomic E-state index is 0.0110. The lowest BCUT2D eigenvalue weighted by molar-refractivity contribution is -0.143. The first kappa shape index (κ1) is 44.1. The van der Waals surface area contributed by atoms with Gasteiger partial charge in [-0.15, -0.1) is 0 Å². The van der Waals surface area contributed by atoms with Gasteiger partial charge in [-0.25, -0.2) is 9.00 Å². The summed E-state index contributed by atoms with van der Waals surface area (Å²) in [4.78, 5) is 69.4. The Bertz CT molecular complexity index is 1210. The van der Waals surface area contributed by atoms with Crippen molar-refractivity contribution in [1.82, 2.24) is 20.7 Å². The molecule has 0 aromatic rings. The maximum Gasteiger partial charge on any atom is 0.326 e. The fourth-order valence-corrected chi connectivity index (χ4v) is 6.83. The van der Waals surface area contributed by atoms with Crippen LogP contribution in [0.3, 0.4) is 0 Å². The van der Waals surface area contributed by atoms with Gasteiger partial charge in [0.05, 0.1) is 25.6 Å². The van der Waals surface area contributed by atoms with E-state index in [1.807, 2.05) is 0 Å². The zero-order valence-electron chi connectivity index (χ0n) is 26.6. The number of amides is 4. The molecule has 0 fully saturated rings. The molecule has 0 aliphatic heterocycles. The molecule has 0 aliphatic rings. The van der Waals surface area contributed by atoms with Crippen molar-refractivity contribution in [2.24, 2.45) is 5.41 Å². The van der Waals surface area contributed by atoms with E-state index < -0.39 is 85.9 Å². The van der Waals surface area contributed by atoms with Crippen molar-refractivity contribution in [2.45, 2.75) is 70.1 Å². The average Bonchev–Trinajstić information content (AvgIpc) is 2.88. The number of hydrogen-bond donors (Lipinski definition) is 8. The molecule has 272 valence electrons. The molecule has 3 unspecified atom stereocenters. The monoisotopic (exact) mass is 734 g/mol. The highest BCUT2D eigenvalue weighted by molar-refractivity contribution is 7.85. The first-order chi connectivity index (χ1) is 21.6. The fourth-order valence-electron chi connectivity index (χ4n) is 4.33. The van der Waals surface area contributed by atoms with E-state index in [2.05, 4.69) is 33.3 Å². The van der Waals surface area contributed by atoms with Gasteiger partial charge in [-0.05, 0) is 24.7 Å². The number of aliphatic carboxylic acids is 2. The standard InChI is InChI=1S/C26H46N4O14S3/c1-25(2,17-47(40,41)42)16-26(3,45)13-21(33)30-46(39)12-4-5-19(31)27-8-9-43-10-11-44-15-22(34)29-18(24(37)38)6-7-20(32)28-14-23(35)36/h18,45H,4-17H2,1-3H3,(H,27,31)(H,28,32)(H,29,34)(H,30,33)(H,35,36)(H,37,38)(H,40,41,42). The summed E-state index contributed by atoms with van der Waals surface area (Å²) in [5.41, 5.74) is -0.860. The van der Waals surface area contributed by atoms with Gasteiger partial charge >= 0.3 is 11.9 Å². The molecule has 21 heteroatoms. The van der Waals surface area contributed by atoms with Gasteiger partial charge in [0.1, 0.15) is 30.2 Å². The molecule has 0 heterocycles. The number of carboxylic acid groups (broad SMARTS) is 2. The van der Waals surface area contributed by atoms with Gasteiger partial charge in [0.2, 0.25) is 23.6 Å². The zero-order valence-corrected chi connectivity index (χ0v) is 29.1. The summed E-state index contributed by atoms with van der Waals surface area (Å²) in [6.07, 6.45) is -0.281. The molecule has 7 N–H and O–H groups in total. The molecule has 0 saturated heterocycles. The SMILES string of the molecule is CC(C)(CC(C)(S)CC(=O)NS(=O)CCCC(=O)NCCOCCOCC(=O)NC(CCC(=O)NCC(=O)O)C(=O)O)CS(=O)(=O)O. The lowest BCUT2D eigenvalue weighted by Crippen LogP contribution is -2.43. The number of carbonyl (C=O) groups is 6. The molecular formula is C26H46N4O14S3. The van der Waals surface area contributed by atoms with E-state index in [1.54, 1.807) is 20.8 Å². The third-order valence-corrected chi connectivity index (χ3v) is 8.42. The molecule has 0 aromatic heterocycles.